The van der Waals surface area contributed by atoms with Gasteiger partial charge in [0, 0.05) is 11.9 Å². The lowest BCUT2D eigenvalue weighted by molar-refractivity contribution is -0.116. The number of aromatic nitrogens is 2. The number of nitriles is 1. The van der Waals surface area contributed by atoms with E-state index in [-0.39, 0.29) is 17.3 Å². The van der Waals surface area contributed by atoms with Crippen molar-refractivity contribution in [3.8, 4) is 6.07 Å². The third-order valence-corrected chi connectivity index (χ3v) is 4.45. The van der Waals surface area contributed by atoms with Crippen molar-refractivity contribution in [2.24, 2.45) is 0 Å². The minimum atomic E-state index is -3.83. The maximum Gasteiger partial charge on any atom is 0.246 e. The number of nitrogens with zero attached hydrogens (tertiary/aromatic N) is 3. The second-order valence-electron chi connectivity index (χ2n) is 5.68. The summed E-state index contributed by atoms with van der Waals surface area (Å²) in [5.41, 5.74) is 5.97. The molecule has 9 nitrogen and oxygen atoms in total. The third-order valence-electron chi connectivity index (χ3n) is 3.45. The molecule has 0 radical (unpaired) electrons. The van der Waals surface area contributed by atoms with Crippen LogP contribution < -0.4 is 16.4 Å². The van der Waals surface area contributed by atoms with Gasteiger partial charge in [-0.2, -0.15) is 15.2 Å². The number of nitrogens with two attached hydrogens (primary N) is 1. The summed E-state index contributed by atoms with van der Waals surface area (Å²) in [4.78, 5) is 19.7. The number of rotatable bonds is 6. The van der Waals surface area contributed by atoms with Crippen LogP contribution in [0.15, 0.2) is 29.3 Å². The Bertz CT molecular complexity index is 1020. The van der Waals surface area contributed by atoms with Crippen molar-refractivity contribution in [2.75, 3.05) is 22.6 Å². The molecule has 1 heterocycles. The highest BCUT2D eigenvalue weighted by atomic mass is 32.2. The topological polar surface area (TPSA) is 151 Å². The van der Waals surface area contributed by atoms with E-state index in [2.05, 4.69) is 20.6 Å². The SMILES string of the molecule is C[C@H](Nc1nc(N)nc(S(C)(=O)=O)c1C#N)C(=O)Nc1cccc(CF)c1. The smallest absolute Gasteiger partial charge is 0.246 e. The van der Waals surface area contributed by atoms with Gasteiger partial charge in [-0.15, -0.1) is 0 Å². The molecule has 0 bridgehead atoms. The summed E-state index contributed by atoms with van der Waals surface area (Å²) in [6.07, 6.45) is 0.882. The van der Waals surface area contributed by atoms with Crippen LogP contribution in [0.1, 0.15) is 18.1 Å². The molecule has 0 aliphatic carbocycles. The molecule has 1 aromatic carbocycles. The molecule has 2 rings (SSSR count). The second-order valence-corrected chi connectivity index (χ2v) is 7.61. The van der Waals surface area contributed by atoms with E-state index in [1.165, 1.54) is 13.0 Å². The zero-order chi connectivity index (χ0) is 20.2. The van der Waals surface area contributed by atoms with Gasteiger partial charge in [-0.25, -0.2) is 12.8 Å². The van der Waals surface area contributed by atoms with Crippen molar-refractivity contribution >= 4 is 33.2 Å². The van der Waals surface area contributed by atoms with E-state index in [1.807, 2.05) is 0 Å². The van der Waals surface area contributed by atoms with Gasteiger partial charge in [-0.05, 0) is 24.6 Å². The Hall–Kier alpha value is -3.26. The van der Waals surface area contributed by atoms with Crippen molar-refractivity contribution in [3.63, 3.8) is 0 Å². The fraction of sp³-hybridized carbons (Fsp3) is 0.250. The average Bonchev–Trinajstić information content (AvgIpc) is 2.60. The van der Waals surface area contributed by atoms with Gasteiger partial charge in [0.2, 0.25) is 11.9 Å². The molecule has 0 fully saturated rings. The Labute approximate surface area is 155 Å². The number of amides is 1. The van der Waals surface area contributed by atoms with Crippen LogP contribution in [-0.2, 0) is 21.3 Å². The molecule has 0 unspecified atom stereocenters. The Morgan fingerprint density at radius 2 is 2.11 bits per heavy atom. The summed E-state index contributed by atoms with van der Waals surface area (Å²) in [7, 11) is -3.83. The van der Waals surface area contributed by atoms with Crippen molar-refractivity contribution in [2.45, 2.75) is 24.7 Å². The summed E-state index contributed by atoms with van der Waals surface area (Å²) in [5.74, 6) is -1.04. The van der Waals surface area contributed by atoms with Crippen molar-refractivity contribution in [1.82, 2.24) is 9.97 Å². The number of carbonyl (C=O) groups excluding carboxylic acids is 1. The molecular weight excluding hydrogens is 375 g/mol. The number of alkyl halides is 1. The standard InChI is InChI=1S/C16H17FN6O3S/c1-9(14(24)21-11-5-3-4-10(6-11)7-17)20-13-12(8-18)15(27(2,25)26)23-16(19)22-13/h3-6,9H,7H2,1-2H3,(H,21,24)(H3,19,20,22,23)/t9-/m0/s1. The molecule has 0 aliphatic rings. The first-order chi connectivity index (χ1) is 12.7. The summed E-state index contributed by atoms with van der Waals surface area (Å²) < 4.78 is 36.3. The molecule has 0 saturated heterocycles. The Kier molecular flexibility index (Phi) is 5.91. The van der Waals surface area contributed by atoms with Gasteiger partial charge >= 0.3 is 0 Å². The highest BCUT2D eigenvalue weighted by Crippen LogP contribution is 2.22. The first kappa shape index (κ1) is 20.1. The van der Waals surface area contributed by atoms with Crippen molar-refractivity contribution in [1.29, 1.82) is 5.26 Å². The number of benzene rings is 1. The number of nitrogen functional groups attached to an aromatic ring is 1. The minimum Gasteiger partial charge on any atom is -0.368 e. The van der Waals surface area contributed by atoms with Crippen molar-refractivity contribution < 1.29 is 17.6 Å². The number of hydrogen-bond donors (Lipinski definition) is 3. The van der Waals surface area contributed by atoms with Gasteiger partial charge in [-0.3, -0.25) is 4.79 Å². The highest BCUT2D eigenvalue weighted by Gasteiger charge is 2.23. The minimum absolute atomic E-state index is 0.175. The highest BCUT2D eigenvalue weighted by molar-refractivity contribution is 7.90. The molecule has 4 N–H and O–H groups in total. The van der Waals surface area contributed by atoms with E-state index in [0.717, 1.165) is 6.26 Å². The van der Waals surface area contributed by atoms with E-state index in [0.29, 0.717) is 11.3 Å². The number of hydrogen-bond acceptors (Lipinski definition) is 8. The fourth-order valence-corrected chi connectivity index (χ4v) is 2.96. The van der Waals surface area contributed by atoms with Crippen LogP contribution in [0.5, 0.6) is 0 Å². The monoisotopic (exact) mass is 392 g/mol. The molecule has 27 heavy (non-hydrogen) atoms. The number of halogens is 1. The molecule has 0 spiro atoms. The summed E-state index contributed by atoms with van der Waals surface area (Å²) in [6.45, 7) is 0.811. The molecule has 0 aliphatic heterocycles. The van der Waals surface area contributed by atoms with Gasteiger partial charge in [-0.1, -0.05) is 12.1 Å². The Balaban J connectivity index is 2.27. The zero-order valence-corrected chi connectivity index (χ0v) is 15.3. The van der Waals surface area contributed by atoms with Crippen LogP contribution in [0.25, 0.3) is 0 Å². The van der Waals surface area contributed by atoms with Gasteiger partial charge < -0.3 is 16.4 Å². The molecule has 1 atom stereocenters. The first-order valence-electron chi connectivity index (χ1n) is 7.65. The van der Waals surface area contributed by atoms with Crippen molar-refractivity contribution in [3.05, 3.63) is 35.4 Å². The van der Waals surface area contributed by atoms with Crippen LogP contribution in [0, 0.1) is 11.3 Å². The summed E-state index contributed by atoms with van der Waals surface area (Å²) >= 11 is 0. The lowest BCUT2D eigenvalue weighted by Crippen LogP contribution is -2.33. The van der Waals surface area contributed by atoms with Crippen LogP contribution in [0.2, 0.25) is 0 Å². The molecule has 0 saturated carbocycles. The predicted molar refractivity (Wildman–Crippen MR) is 97.2 cm³/mol. The predicted octanol–water partition coefficient (Wildman–Crippen LogP) is 1.24. The number of nitrogens with one attached hydrogen (secondary N) is 2. The van der Waals surface area contributed by atoms with Gasteiger partial charge in [0.05, 0.1) is 0 Å². The van der Waals surface area contributed by atoms with E-state index >= 15 is 0 Å². The first-order valence-corrected chi connectivity index (χ1v) is 9.54. The van der Waals surface area contributed by atoms with Crippen LogP contribution in [-0.4, -0.2) is 36.6 Å². The van der Waals surface area contributed by atoms with Gasteiger partial charge in [0.1, 0.15) is 24.3 Å². The molecule has 1 amide bonds. The average molecular weight is 392 g/mol. The summed E-state index contributed by atoms with van der Waals surface area (Å²) in [6, 6.07) is 7.05. The Morgan fingerprint density at radius 1 is 1.41 bits per heavy atom. The maximum atomic E-state index is 12.7. The number of anilines is 3. The van der Waals surface area contributed by atoms with Crippen LogP contribution >= 0.6 is 0 Å². The number of carbonyl (C=O) groups is 1. The van der Waals surface area contributed by atoms with E-state index in [9.17, 15) is 22.9 Å². The molecule has 11 heteroatoms. The van der Waals surface area contributed by atoms with E-state index in [4.69, 9.17) is 5.73 Å². The quantitative estimate of drug-likeness (QED) is 0.621. The Morgan fingerprint density at radius 3 is 2.70 bits per heavy atom. The lowest BCUT2D eigenvalue weighted by Gasteiger charge is -2.16. The van der Waals surface area contributed by atoms with Gasteiger partial charge in [0.25, 0.3) is 0 Å². The normalized spacial score (nSPS) is 12.1. The zero-order valence-electron chi connectivity index (χ0n) is 14.5. The fourth-order valence-electron chi connectivity index (χ4n) is 2.18. The molecule has 2 aromatic rings. The largest absolute Gasteiger partial charge is 0.368 e. The van der Waals surface area contributed by atoms with Gasteiger partial charge in [0.15, 0.2) is 20.7 Å². The lowest BCUT2D eigenvalue weighted by atomic mass is 10.2. The molecule has 142 valence electrons. The second kappa shape index (κ2) is 7.96. The van der Waals surface area contributed by atoms with E-state index < -0.39 is 33.5 Å². The van der Waals surface area contributed by atoms with E-state index in [1.54, 1.807) is 24.3 Å². The molecular formula is C16H17FN6O3S. The molecule has 1 aromatic heterocycles. The van der Waals surface area contributed by atoms with Crippen LogP contribution in [0.4, 0.5) is 21.8 Å². The summed E-state index contributed by atoms with van der Waals surface area (Å²) in [5, 5.41) is 14.0. The number of sulfone groups is 1. The van der Waals surface area contributed by atoms with Crippen LogP contribution in [0.3, 0.4) is 0 Å². The maximum absolute atomic E-state index is 12.7. The third kappa shape index (κ3) is 4.89.